The molecule has 1 aliphatic rings. The Bertz CT molecular complexity index is 1450. The van der Waals surface area contributed by atoms with Gasteiger partial charge in [-0.05, 0) is 48.0 Å². The van der Waals surface area contributed by atoms with E-state index in [1.54, 1.807) is 0 Å². The number of amides is 2. The van der Waals surface area contributed by atoms with Crippen molar-refractivity contribution in [3.63, 3.8) is 0 Å². The molecule has 0 saturated heterocycles. The zero-order chi connectivity index (χ0) is 27.2. The minimum atomic E-state index is -1.46. The molecule has 0 radical (unpaired) electrons. The van der Waals surface area contributed by atoms with Crippen molar-refractivity contribution in [2.45, 2.75) is 10.3 Å². The first-order valence-electron chi connectivity index (χ1n) is 10.2. The molecule has 3 aromatic carbocycles. The van der Waals surface area contributed by atoms with Gasteiger partial charge in [0.25, 0.3) is 11.6 Å². The van der Waals surface area contributed by atoms with E-state index in [9.17, 15) is 24.1 Å². The Morgan fingerprint density at radius 2 is 1.57 bits per heavy atom. The smallest absolute Gasteiger partial charge is 0.295 e. The number of nitrogens with one attached hydrogen (secondary N) is 2. The maximum atomic E-state index is 13.4. The highest BCUT2D eigenvalue weighted by Crippen LogP contribution is 2.65. The first-order valence-corrected chi connectivity index (χ1v) is 12.5. The summed E-state index contributed by atoms with van der Waals surface area (Å²) in [6, 6.07) is 9.78. The number of anilines is 2. The maximum absolute atomic E-state index is 13.4. The zero-order valence-electron chi connectivity index (χ0n) is 18.0. The molecule has 0 unspecified atom stereocenters. The third-order valence-corrected chi connectivity index (χ3v) is 8.05. The van der Waals surface area contributed by atoms with Crippen LogP contribution in [-0.4, -0.2) is 21.1 Å². The summed E-state index contributed by atoms with van der Waals surface area (Å²) in [7, 11) is 0. The van der Waals surface area contributed by atoms with Crippen LogP contribution in [-0.2, 0) is 4.79 Å². The summed E-state index contributed by atoms with van der Waals surface area (Å²) in [5, 5.41) is 16.7. The number of benzene rings is 3. The molecule has 2 N–H and O–H groups in total. The summed E-state index contributed by atoms with van der Waals surface area (Å²) in [5.74, 6) is -3.76. The van der Waals surface area contributed by atoms with Crippen LogP contribution in [0.2, 0.25) is 20.1 Å². The quantitative estimate of drug-likeness (QED) is 0.125. The Morgan fingerprint density at radius 3 is 2.19 bits per heavy atom. The van der Waals surface area contributed by atoms with Gasteiger partial charge >= 0.3 is 0 Å². The van der Waals surface area contributed by atoms with Gasteiger partial charge in [0.2, 0.25) is 5.91 Å². The predicted molar refractivity (Wildman–Crippen MR) is 143 cm³/mol. The predicted octanol–water partition coefficient (Wildman–Crippen LogP) is 8.13. The second-order valence-corrected chi connectivity index (χ2v) is 11.0. The van der Waals surface area contributed by atoms with Gasteiger partial charge in [-0.15, -0.1) is 23.2 Å². The molecular formula is C23H12Cl6FN3O4. The SMILES string of the molecule is O=C(Nc1ccc(F)cc1[N+](=O)[O-])c1cc(NC(=O)[C@H]2[C@H](c3cc(Cl)c(Cl)c(Cl)c3)C2(Cl)Cl)ccc1Cl. The van der Waals surface area contributed by atoms with E-state index in [1.807, 2.05) is 0 Å². The van der Waals surface area contributed by atoms with Crippen LogP contribution in [0.15, 0.2) is 48.5 Å². The number of halogens is 7. The first-order chi connectivity index (χ1) is 17.3. The van der Waals surface area contributed by atoms with E-state index in [4.69, 9.17) is 69.6 Å². The Kier molecular flexibility index (Phi) is 7.82. The van der Waals surface area contributed by atoms with Crippen molar-refractivity contribution in [1.82, 2.24) is 0 Å². The molecular weight excluding hydrogens is 614 g/mol. The Labute approximate surface area is 238 Å². The van der Waals surface area contributed by atoms with Crippen molar-refractivity contribution in [3.8, 4) is 0 Å². The van der Waals surface area contributed by atoms with Crippen molar-refractivity contribution in [2.24, 2.45) is 5.92 Å². The van der Waals surface area contributed by atoms with E-state index >= 15 is 0 Å². The fourth-order valence-electron chi connectivity index (χ4n) is 3.77. The van der Waals surface area contributed by atoms with Crippen LogP contribution in [0.1, 0.15) is 21.8 Å². The molecule has 14 heteroatoms. The van der Waals surface area contributed by atoms with Crippen molar-refractivity contribution in [3.05, 3.63) is 95.7 Å². The second-order valence-electron chi connectivity index (χ2n) is 7.98. The number of carbonyl (C=O) groups is 2. The van der Waals surface area contributed by atoms with Crippen LogP contribution in [0.4, 0.5) is 21.5 Å². The Balaban J connectivity index is 1.54. The van der Waals surface area contributed by atoms with Crippen molar-refractivity contribution >= 4 is 98.5 Å². The molecule has 1 aliphatic carbocycles. The van der Waals surface area contributed by atoms with E-state index in [2.05, 4.69) is 10.6 Å². The number of carbonyl (C=O) groups excluding carboxylic acids is 2. The van der Waals surface area contributed by atoms with E-state index in [0.29, 0.717) is 11.6 Å². The average Bonchev–Trinajstić information content (AvgIpc) is 3.41. The van der Waals surface area contributed by atoms with E-state index in [1.165, 1.54) is 30.3 Å². The molecule has 7 nitrogen and oxygen atoms in total. The summed E-state index contributed by atoms with van der Waals surface area (Å²) >= 11 is 37.1. The highest BCUT2D eigenvalue weighted by atomic mass is 35.5. The lowest BCUT2D eigenvalue weighted by Gasteiger charge is -2.11. The van der Waals surface area contributed by atoms with Crippen molar-refractivity contribution in [1.29, 1.82) is 0 Å². The average molecular weight is 626 g/mol. The normalized spacial score (nSPS) is 17.7. The Morgan fingerprint density at radius 1 is 0.919 bits per heavy atom. The lowest BCUT2D eigenvalue weighted by molar-refractivity contribution is -0.384. The molecule has 0 heterocycles. The minimum absolute atomic E-state index is 0.000885. The van der Waals surface area contributed by atoms with Crippen LogP contribution < -0.4 is 10.6 Å². The lowest BCUT2D eigenvalue weighted by atomic mass is 10.1. The standard InChI is InChI=1S/C23H12Cl6FN3O4/c24-13-3-2-11(8-12(13)21(34)32-16-4-1-10(30)7-17(16)33(36)37)31-22(35)19-18(23(19,28)29)9-5-14(25)20(27)15(26)6-9/h1-8,18-19H,(H,31,35)(H,32,34)/t18-,19+/m0/s1. The number of hydrogen-bond acceptors (Lipinski definition) is 4. The fraction of sp³-hybridized carbons (Fsp3) is 0.130. The van der Waals surface area contributed by atoms with Gasteiger partial charge in [0.1, 0.15) is 15.8 Å². The molecule has 1 fully saturated rings. The van der Waals surface area contributed by atoms with Gasteiger partial charge in [-0.25, -0.2) is 4.39 Å². The van der Waals surface area contributed by atoms with E-state index < -0.39 is 44.4 Å². The van der Waals surface area contributed by atoms with E-state index in [0.717, 1.165) is 12.1 Å². The monoisotopic (exact) mass is 623 g/mol. The van der Waals surface area contributed by atoms with Crippen LogP contribution >= 0.6 is 69.6 Å². The van der Waals surface area contributed by atoms with Crippen molar-refractivity contribution < 1.29 is 18.9 Å². The topological polar surface area (TPSA) is 101 Å². The van der Waals surface area contributed by atoms with E-state index in [-0.39, 0.29) is 37.0 Å². The number of nitro benzene ring substituents is 1. The number of nitro groups is 1. The van der Waals surface area contributed by atoms with Crippen LogP contribution in [0.3, 0.4) is 0 Å². The molecule has 192 valence electrons. The molecule has 0 aliphatic heterocycles. The first kappa shape index (κ1) is 27.7. The summed E-state index contributed by atoms with van der Waals surface area (Å²) < 4.78 is 11.9. The fourth-order valence-corrected chi connectivity index (χ4v) is 5.42. The molecule has 1 saturated carbocycles. The molecule has 37 heavy (non-hydrogen) atoms. The summed E-state index contributed by atoms with van der Waals surface area (Å²) in [4.78, 5) is 36.2. The van der Waals surface area contributed by atoms with Gasteiger partial charge in [0, 0.05) is 11.6 Å². The largest absolute Gasteiger partial charge is 0.326 e. The van der Waals surface area contributed by atoms with Crippen LogP contribution in [0.25, 0.3) is 0 Å². The second kappa shape index (κ2) is 10.4. The van der Waals surface area contributed by atoms with Gasteiger partial charge in [0.15, 0.2) is 0 Å². The molecule has 4 rings (SSSR count). The number of hydrogen-bond donors (Lipinski definition) is 2. The highest BCUT2D eigenvalue weighted by molar-refractivity contribution is 6.54. The molecule has 2 atom stereocenters. The molecule has 2 amide bonds. The summed E-state index contributed by atoms with van der Waals surface area (Å²) in [6.07, 6.45) is 0. The molecule has 0 spiro atoms. The molecule has 0 aromatic heterocycles. The highest BCUT2D eigenvalue weighted by Gasteiger charge is 2.67. The van der Waals surface area contributed by atoms with Gasteiger partial charge < -0.3 is 10.6 Å². The number of rotatable bonds is 6. The van der Waals surface area contributed by atoms with Crippen molar-refractivity contribution in [2.75, 3.05) is 10.6 Å². The van der Waals surface area contributed by atoms with Gasteiger partial charge in [-0.2, -0.15) is 0 Å². The van der Waals surface area contributed by atoms with Gasteiger partial charge in [0.05, 0.1) is 42.6 Å². The van der Waals surface area contributed by atoms with Crippen LogP contribution in [0, 0.1) is 21.8 Å². The summed E-state index contributed by atoms with van der Waals surface area (Å²) in [5.41, 5.74) is -0.296. The zero-order valence-corrected chi connectivity index (χ0v) is 22.5. The van der Waals surface area contributed by atoms with Gasteiger partial charge in [-0.1, -0.05) is 46.4 Å². The minimum Gasteiger partial charge on any atom is -0.326 e. The third kappa shape index (κ3) is 5.60. The van der Waals surface area contributed by atoms with Gasteiger partial charge in [-0.3, -0.25) is 19.7 Å². The van der Waals surface area contributed by atoms with Crippen LogP contribution in [0.5, 0.6) is 0 Å². The molecule has 0 bridgehead atoms. The molecule has 3 aromatic rings. The third-order valence-electron chi connectivity index (χ3n) is 5.58. The number of nitrogens with zero attached hydrogens (tertiary/aromatic N) is 1. The maximum Gasteiger partial charge on any atom is 0.295 e. The summed E-state index contributed by atoms with van der Waals surface area (Å²) in [6.45, 7) is 0. The Hall–Kier alpha value is -2.33. The number of alkyl halides is 2. The lowest BCUT2D eigenvalue weighted by Crippen LogP contribution is -2.18.